The minimum atomic E-state index is -0.0169. The third kappa shape index (κ3) is 3.88. The number of carbonyl (C=O) groups excluding carboxylic acids is 1. The molecule has 1 aromatic carbocycles. The van der Waals surface area contributed by atoms with Gasteiger partial charge in [0.25, 0.3) is 0 Å². The Morgan fingerprint density at radius 1 is 1.40 bits per heavy atom. The lowest BCUT2D eigenvalue weighted by atomic mass is 10.1. The van der Waals surface area contributed by atoms with Crippen molar-refractivity contribution in [2.24, 2.45) is 0 Å². The van der Waals surface area contributed by atoms with Gasteiger partial charge in [-0.3, -0.25) is 4.79 Å². The summed E-state index contributed by atoms with van der Waals surface area (Å²) >= 11 is 5.90. The minimum absolute atomic E-state index is 0.0169. The smallest absolute Gasteiger partial charge is 0.187 e. The molecule has 0 heterocycles. The summed E-state index contributed by atoms with van der Waals surface area (Å²) in [5, 5.41) is 0.516. The molecular formula is C13H15ClO. The summed E-state index contributed by atoms with van der Waals surface area (Å²) in [5.41, 5.74) is 0.576. The molecule has 0 aliphatic rings. The molecule has 0 unspecified atom stereocenters. The predicted molar refractivity (Wildman–Crippen MR) is 64.4 cm³/mol. The first kappa shape index (κ1) is 12.0. The molecule has 1 nitrogen and oxygen atoms in total. The van der Waals surface area contributed by atoms with Crippen LogP contribution < -0.4 is 0 Å². The van der Waals surface area contributed by atoms with E-state index < -0.39 is 0 Å². The van der Waals surface area contributed by atoms with E-state index in [4.69, 9.17) is 11.6 Å². The normalized spacial score (nSPS) is 10.8. The predicted octanol–water partition coefficient (Wildman–Crippen LogP) is 4.27. The molecule has 15 heavy (non-hydrogen) atoms. The molecule has 0 aromatic heterocycles. The van der Waals surface area contributed by atoms with E-state index in [1.54, 1.807) is 18.2 Å². The second kappa shape index (κ2) is 6.41. The third-order valence-corrected chi connectivity index (χ3v) is 2.46. The fourth-order valence-corrected chi connectivity index (χ4v) is 1.49. The van der Waals surface area contributed by atoms with Gasteiger partial charge in [0.05, 0.1) is 5.02 Å². The Balaban J connectivity index is 2.61. The average Bonchev–Trinajstić information content (AvgIpc) is 2.25. The highest BCUT2D eigenvalue weighted by atomic mass is 35.5. The van der Waals surface area contributed by atoms with Crippen molar-refractivity contribution in [1.29, 1.82) is 0 Å². The van der Waals surface area contributed by atoms with Crippen molar-refractivity contribution in [3.63, 3.8) is 0 Å². The second-order valence-electron chi connectivity index (χ2n) is 3.39. The minimum Gasteiger partial charge on any atom is -0.289 e. The molecule has 2 heteroatoms. The van der Waals surface area contributed by atoms with Crippen molar-refractivity contribution in [3.8, 4) is 0 Å². The van der Waals surface area contributed by atoms with Crippen molar-refractivity contribution in [2.75, 3.05) is 0 Å². The van der Waals surface area contributed by atoms with Crippen LogP contribution in [-0.2, 0) is 0 Å². The maximum atomic E-state index is 11.7. The number of hydrogen-bond donors (Lipinski definition) is 0. The summed E-state index contributed by atoms with van der Waals surface area (Å²) in [6.45, 7) is 2.13. The summed E-state index contributed by atoms with van der Waals surface area (Å²) in [4.78, 5) is 11.7. The summed E-state index contributed by atoms with van der Waals surface area (Å²) in [6, 6.07) is 7.11. The first-order chi connectivity index (χ1) is 7.25. The zero-order valence-corrected chi connectivity index (χ0v) is 9.63. The van der Waals surface area contributed by atoms with Crippen LogP contribution in [0.2, 0.25) is 5.02 Å². The molecule has 1 rings (SSSR count). The lowest BCUT2D eigenvalue weighted by Gasteiger charge is -1.98. The van der Waals surface area contributed by atoms with Crippen molar-refractivity contribution < 1.29 is 4.79 Å². The number of ketones is 1. The van der Waals surface area contributed by atoms with Gasteiger partial charge in [-0.1, -0.05) is 49.6 Å². The molecule has 0 fully saturated rings. The first-order valence-corrected chi connectivity index (χ1v) is 5.59. The fourth-order valence-electron chi connectivity index (χ4n) is 1.26. The van der Waals surface area contributed by atoms with Gasteiger partial charge in [0.2, 0.25) is 0 Å². The number of rotatable bonds is 5. The zero-order valence-electron chi connectivity index (χ0n) is 8.87. The van der Waals surface area contributed by atoms with Gasteiger partial charge in [-0.2, -0.15) is 0 Å². The molecule has 1 aromatic rings. The van der Waals surface area contributed by atoms with Crippen LogP contribution in [0, 0.1) is 0 Å². The van der Waals surface area contributed by atoms with E-state index in [0.29, 0.717) is 10.6 Å². The number of allylic oxidation sites excluding steroid dienone is 2. The Morgan fingerprint density at radius 2 is 2.13 bits per heavy atom. The van der Waals surface area contributed by atoms with Crippen LogP contribution in [0.4, 0.5) is 0 Å². The highest BCUT2D eigenvalue weighted by Gasteiger charge is 2.04. The van der Waals surface area contributed by atoms with Crippen LogP contribution in [0.5, 0.6) is 0 Å². The highest BCUT2D eigenvalue weighted by Crippen LogP contribution is 2.15. The van der Waals surface area contributed by atoms with E-state index >= 15 is 0 Å². The molecule has 0 amide bonds. The number of hydrogen-bond acceptors (Lipinski definition) is 1. The molecule has 80 valence electrons. The molecule has 0 aliphatic carbocycles. The van der Waals surface area contributed by atoms with E-state index in [9.17, 15) is 4.79 Å². The van der Waals surface area contributed by atoms with Gasteiger partial charge in [0.15, 0.2) is 5.78 Å². The Morgan fingerprint density at radius 3 is 2.80 bits per heavy atom. The Bertz CT molecular complexity index is 355. The van der Waals surface area contributed by atoms with Gasteiger partial charge in [0.1, 0.15) is 0 Å². The Hall–Kier alpha value is -1.08. The summed E-state index contributed by atoms with van der Waals surface area (Å²) < 4.78 is 0. The Kier molecular flexibility index (Phi) is 5.13. The van der Waals surface area contributed by atoms with E-state index in [0.717, 1.165) is 19.3 Å². The standard InChI is InChI=1S/C13H15ClO/c1-2-3-4-5-10-13(15)11-8-6-7-9-12(11)14/h5-10H,2-4H2,1H3/b10-5+. The summed E-state index contributed by atoms with van der Waals surface area (Å²) in [6.07, 6.45) is 6.73. The van der Waals surface area contributed by atoms with E-state index in [1.165, 1.54) is 0 Å². The van der Waals surface area contributed by atoms with Crippen LogP contribution in [0.15, 0.2) is 36.4 Å². The number of carbonyl (C=O) groups is 1. The molecule has 0 aliphatic heterocycles. The van der Waals surface area contributed by atoms with Crippen molar-refractivity contribution in [1.82, 2.24) is 0 Å². The molecule has 0 atom stereocenters. The summed E-state index contributed by atoms with van der Waals surface area (Å²) in [5.74, 6) is -0.0169. The quantitative estimate of drug-likeness (QED) is 0.413. The number of unbranched alkanes of at least 4 members (excludes halogenated alkanes) is 2. The van der Waals surface area contributed by atoms with Gasteiger partial charge in [-0.15, -0.1) is 0 Å². The van der Waals surface area contributed by atoms with Crippen molar-refractivity contribution >= 4 is 17.4 Å². The van der Waals surface area contributed by atoms with Crippen molar-refractivity contribution in [2.45, 2.75) is 26.2 Å². The van der Waals surface area contributed by atoms with Gasteiger partial charge in [-0.05, 0) is 24.6 Å². The maximum Gasteiger partial charge on any atom is 0.187 e. The van der Waals surface area contributed by atoms with Crippen LogP contribution in [0.1, 0.15) is 36.5 Å². The van der Waals surface area contributed by atoms with Crippen LogP contribution in [0.3, 0.4) is 0 Å². The Labute approximate surface area is 95.8 Å². The average molecular weight is 223 g/mol. The molecule has 0 N–H and O–H groups in total. The van der Waals surface area contributed by atoms with Gasteiger partial charge in [0, 0.05) is 5.56 Å². The topological polar surface area (TPSA) is 17.1 Å². The summed E-state index contributed by atoms with van der Waals surface area (Å²) in [7, 11) is 0. The largest absolute Gasteiger partial charge is 0.289 e. The molecule has 0 saturated carbocycles. The molecule has 0 bridgehead atoms. The van der Waals surface area contributed by atoms with E-state index in [2.05, 4.69) is 6.92 Å². The van der Waals surface area contributed by atoms with Gasteiger partial charge in [-0.25, -0.2) is 0 Å². The zero-order chi connectivity index (χ0) is 11.1. The fraction of sp³-hybridized carbons (Fsp3) is 0.308. The van der Waals surface area contributed by atoms with E-state index in [-0.39, 0.29) is 5.78 Å². The van der Waals surface area contributed by atoms with Gasteiger partial charge >= 0.3 is 0 Å². The monoisotopic (exact) mass is 222 g/mol. The molecule has 0 spiro atoms. The van der Waals surface area contributed by atoms with E-state index in [1.807, 2.05) is 18.2 Å². The SMILES string of the molecule is CCCC/C=C/C(=O)c1ccccc1Cl. The van der Waals surface area contributed by atoms with Crippen LogP contribution in [0.25, 0.3) is 0 Å². The van der Waals surface area contributed by atoms with Gasteiger partial charge < -0.3 is 0 Å². The van der Waals surface area contributed by atoms with Crippen LogP contribution in [-0.4, -0.2) is 5.78 Å². The van der Waals surface area contributed by atoms with Crippen LogP contribution >= 0.6 is 11.6 Å². The lowest BCUT2D eigenvalue weighted by molar-refractivity contribution is 0.104. The molecule has 0 saturated heterocycles. The third-order valence-electron chi connectivity index (χ3n) is 2.13. The lowest BCUT2D eigenvalue weighted by Crippen LogP contribution is -1.94. The number of benzene rings is 1. The molecular weight excluding hydrogens is 208 g/mol. The highest BCUT2D eigenvalue weighted by molar-refractivity contribution is 6.34. The number of halogens is 1. The van der Waals surface area contributed by atoms with Crippen molar-refractivity contribution in [3.05, 3.63) is 47.0 Å². The molecule has 0 radical (unpaired) electrons. The maximum absolute atomic E-state index is 11.7. The second-order valence-corrected chi connectivity index (χ2v) is 3.80. The first-order valence-electron chi connectivity index (χ1n) is 5.21.